The van der Waals surface area contributed by atoms with Crippen LogP contribution in [0, 0.1) is 0 Å². The highest BCUT2D eigenvalue weighted by molar-refractivity contribution is 7.99. The number of likely N-dealkylation sites (N-methyl/N-ethyl adjacent to an activating group) is 1. The molecule has 40 heavy (non-hydrogen) atoms. The van der Waals surface area contributed by atoms with Gasteiger partial charge in [0.15, 0.2) is 6.54 Å². The van der Waals surface area contributed by atoms with E-state index in [0.29, 0.717) is 5.56 Å². The predicted molar refractivity (Wildman–Crippen MR) is 143 cm³/mol. The Kier molecular flexibility index (Phi) is 8.88. The molecule has 0 spiro atoms. The van der Waals surface area contributed by atoms with Crippen LogP contribution in [-0.4, -0.2) is 94.6 Å². The van der Waals surface area contributed by atoms with E-state index in [9.17, 15) is 27.6 Å². The van der Waals surface area contributed by atoms with Crippen LogP contribution in [0.3, 0.4) is 0 Å². The van der Waals surface area contributed by atoms with E-state index in [-0.39, 0.29) is 5.69 Å². The number of anilines is 1. The van der Waals surface area contributed by atoms with Crippen molar-refractivity contribution in [3.63, 3.8) is 0 Å². The number of piperazine rings is 1. The Labute approximate surface area is 235 Å². The maximum Gasteiger partial charge on any atom is 0.497 e. The number of benzene rings is 1. The molecule has 1 aromatic heterocycles. The molecule has 4 rings (SSSR count). The van der Waals surface area contributed by atoms with E-state index in [1.54, 1.807) is 36.0 Å². The van der Waals surface area contributed by atoms with Crippen LogP contribution >= 0.6 is 11.8 Å². The fraction of sp³-hybridized carbons (Fsp3) is 0.481. The van der Waals surface area contributed by atoms with Crippen molar-refractivity contribution in [3.05, 3.63) is 54.4 Å². The van der Waals surface area contributed by atoms with Gasteiger partial charge in [0.1, 0.15) is 0 Å². The van der Waals surface area contributed by atoms with Gasteiger partial charge in [-0.25, -0.2) is 9.59 Å². The summed E-state index contributed by atoms with van der Waals surface area (Å²) in [6.45, 7) is 7.37. The number of quaternary nitrogens is 1. The number of imide groups is 1. The second kappa shape index (κ2) is 11.9. The van der Waals surface area contributed by atoms with Crippen LogP contribution in [0.1, 0.15) is 25.8 Å². The van der Waals surface area contributed by atoms with Gasteiger partial charge < -0.3 is 9.80 Å². The summed E-state index contributed by atoms with van der Waals surface area (Å²) >= 11 is 1.65. The monoisotopic (exact) mass is 580 g/mol. The quantitative estimate of drug-likeness (QED) is 0.190. The standard InChI is InChI=1S/C27H33F3N5O4S/c1-26(2)23(36)34(21-5-7-22(8-6-21)40-18-4-13-33-16-14-32(3)15-17-33)25(38)35(26,39-24(37)27(28,29)30)19-20-9-11-31-12-10-20/h5-12H,4,13-19H2,1-3H3/q+1. The van der Waals surface area contributed by atoms with Gasteiger partial charge in [0.2, 0.25) is 5.54 Å². The SMILES string of the molecule is CN1CCN(CCCSc2ccc(N3C(=O)C(C)(C)[N+](Cc4ccncc4)(OC(=O)C(F)(F)F)C3=O)cc2)CC1. The first-order valence-corrected chi connectivity index (χ1v) is 13.9. The lowest BCUT2D eigenvalue weighted by molar-refractivity contribution is -1.06. The van der Waals surface area contributed by atoms with Crippen molar-refractivity contribution in [2.75, 3.05) is 50.4 Å². The topological polar surface area (TPSA) is 83.0 Å². The maximum absolute atomic E-state index is 13.8. The van der Waals surface area contributed by atoms with E-state index in [0.717, 1.165) is 54.7 Å². The molecular weight excluding hydrogens is 547 g/mol. The number of carbonyl (C=O) groups is 3. The molecule has 13 heteroatoms. The summed E-state index contributed by atoms with van der Waals surface area (Å²) < 4.78 is 38.4. The van der Waals surface area contributed by atoms with Gasteiger partial charge in [-0.05, 0) is 66.8 Å². The third-order valence-electron chi connectivity index (χ3n) is 7.33. The average Bonchev–Trinajstić information content (AvgIpc) is 3.05. The number of pyridine rings is 1. The van der Waals surface area contributed by atoms with Gasteiger partial charge in [0.05, 0.1) is 5.69 Å². The molecule has 216 valence electrons. The van der Waals surface area contributed by atoms with E-state index >= 15 is 0 Å². The first-order valence-electron chi connectivity index (χ1n) is 13.0. The van der Waals surface area contributed by atoms with Crippen molar-refractivity contribution in [1.82, 2.24) is 14.8 Å². The van der Waals surface area contributed by atoms with Crippen molar-refractivity contribution < 1.29 is 37.0 Å². The van der Waals surface area contributed by atoms with Gasteiger partial charge in [-0.3, -0.25) is 14.6 Å². The minimum absolute atomic E-state index is 0.183. The van der Waals surface area contributed by atoms with Crippen LogP contribution in [0.15, 0.2) is 53.7 Å². The van der Waals surface area contributed by atoms with Gasteiger partial charge in [-0.2, -0.15) is 18.1 Å². The van der Waals surface area contributed by atoms with Gasteiger partial charge >= 0.3 is 24.1 Å². The molecule has 0 radical (unpaired) electrons. The van der Waals surface area contributed by atoms with Gasteiger partial charge in [0, 0.05) is 62.9 Å². The Morgan fingerprint density at radius 3 is 2.27 bits per heavy atom. The highest BCUT2D eigenvalue weighted by Crippen LogP contribution is 2.42. The molecule has 0 aliphatic carbocycles. The fourth-order valence-electron chi connectivity index (χ4n) is 4.77. The molecule has 3 heterocycles. The number of hydrogen-bond acceptors (Lipinski definition) is 8. The lowest BCUT2D eigenvalue weighted by Crippen LogP contribution is -2.62. The first-order chi connectivity index (χ1) is 18.8. The third-order valence-corrected chi connectivity index (χ3v) is 8.43. The molecule has 3 amide bonds. The van der Waals surface area contributed by atoms with E-state index in [1.165, 1.54) is 38.4 Å². The first kappa shape index (κ1) is 30.0. The third kappa shape index (κ3) is 6.17. The molecule has 2 aliphatic heterocycles. The van der Waals surface area contributed by atoms with Crippen LogP contribution in [-0.2, 0) is 21.0 Å². The zero-order valence-corrected chi connectivity index (χ0v) is 23.5. The lowest BCUT2D eigenvalue weighted by Gasteiger charge is -2.35. The fourth-order valence-corrected chi connectivity index (χ4v) is 5.61. The Morgan fingerprint density at radius 1 is 1.05 bits per heavy atom. The number of hydrogen-bond donors (Lipinski definition) is 0. The molecule has 0 saturated carbocycles. The van der Waals surface area contributed by atoms with Crippen molar-refractivity contribution in [1.29, 1.82) is 0 Å². The summed E-state index contributed by atoms with van der Waals surface area (Å²) in [5.74, 6) is -2.45. The zero-order chi connectivity index (χ0) is 29.1. The van der Waals surface area contributed by atoms with Crippen LogP contribution in [0.5, 0.6) is 0 Å². The van der Waals surface area contributed by atoms with Crippen LogP contribution < -0.4 is 4.90 Å². The zero-order valence-electron chi connectivity index (χ0n) is 22.7. The molecule has 2 aromatic rings. The number of urea groups is 1. The van der Waals surface area contributed by atoms with Crippen molar-refractivity contribution in [2.45, 2.75) is 43.4 Å². The molecule has 1 atom stereocenters. The largest absolute Gasteiger partial charge is 0.497 e. The minimum atomic E-state index is -5.36. The number of amides is 3. The molecule has 2 aliphatic rings. The number of aromatic nitrogens is 1. The number of halogens is 3. The molecule has 1 aromatic carbocycles. The summed E-state index contributed by atoms with van der Waals surface area (Å²) in [5, 5.41) is 0. The van der Waals surface area contributed by atoms with Crippen LogP contribution in [0.2, 0.25) is 0 Å². The number of thioether (sulfide) groups is 1. The average molecular weight is 581 g/mol. The minimum Gasteiger partial charge on any atom is -0.304 e. The molecule has 1 unspecified atom stereocenters. The maximum atomic E-state index is 13.8. The van der Waals surface area contributed by atoms with E-state index in [2.05, 4.69) is 21.8 Å². The number of alkyl halides is 3. The van der Waals surface area contributed by atoms with E-state index in [4.69, 9.17) is 4.84 Å². The van der Waals surface area contributed by atoms with Crippen molar-refractivity contribution in [2.24, 2.45) is 0 Å². The number of rotatable bonds is 9. The Balaban J connectivity index is 1.51. The lowest BCUT2D eigenvalue weighted by atomic mass is 10.0. The molecule has 2 fully saturated rings. The molecule has 0 N–H and O–H groups in total. The van der Waals surface area contributed by atoms with Crippen molar-refractivity contribution >= 4 is 35.4 Å². The van der Waals surface area contributed by atoms with Gasteiger partial charge in [-0.1, -0.05) is 0 Å². The summed E-state index contributed by atoms with van der Waals surface area (Å²) in [5.41, 5.74) is -1.30. The summed E-state index contributed by atoms with van der Waals surface area (Å²) in [6, 6.07) is 8.56. The summed E-state index contributed by atoms with van der Waals surface area (Å²) in [7, 11) is 2.12. The molecule has 0 bridgehead atoms. The number of hydroxylamine groups is 3. The smallest absolute Gasteiger partial charge is 0.304 e. The molecule has 2 saturated heterocycles. The van der Waals surface area contributed by atoms with E-state index < -0.39 is 40.8 Å². The predicted octanol–water partition coefficient (Wildman–Crippen LogP) is 4.09. The summed E-state index contributed by atoms with van der Waals surface area (Å²) in [4.78, 5) is 54.6. The highest BCUT2D eigenvalue weighted by Gasteiger charge is 2.71. The Hall–Kier alpha value is -3.00. The number of carbonyl (C=O) groups excluding carboxylic acids is 3. The summed E-state index contributed by atoms with van der Waals surface area (Å²) in [6.07, 6.45) is -1.56. The van der Waals surface area contributed by atoms with Crippen LogP contribution in [0.25, 0.3) is 0 Å². The Bertz CT molecular complexity index is 1220. The second-order valence-electron chi connectivity index (χ2n) is 10.5. The highest BCUT2D eigenvalue weighted by atomic mass is 32.2. The normalized spacial score (nSPS) is 22.1. The van der Waals surface area contributed by atoms with E-state index in [1.807, 2.05) is 0 Å². The van der Waals surface area contributed by atoms with Crippen LogP contribution in [0.4, 0.5) is 23.7 Å². The Morgan fingerprint density at radius 2 is 1.68 bits per heavy atom. The van der Waals surface area contributed by atoms with Gasteiger partial charge in [0.25, 0.3) is 0 Å². The molecular formula is C27H33F3N5O4S+. The molecule has 9 nitrogen and oxygen atoms in total. The van der Waals surface area contributed by atoms with Crippen molar-refractivity contribution in [3.8, 4) is 0 Å². The second-order valence-corrected chi connectivity index (χ2v) is 11.6. The van der Waals surface area contributed by atoms with Gasteiger partial charge in [-0.15, -0.1) is 11.8 Å². The number of nitrogens with zero attached hydrogens (tertiary/aromatic N) is 5.